The molecule has 2 aromatic carbocycles. The summed E-state index contributed by atoms with van der Waals surface area (Å²) in [5.41, 5.74) is 1.91. The lowest BCUT2D eigenvalue weighted by Gasteiger charge is -2.34. The first-order chi connectivity index (χ1) is 15.6. The molecule has 1 N–H and O–H groups in total. The van der Waals surface area contributed by atoms with E-state index < -0.39 is 6.10 Å². The van der Waals surface area contributed by atoms with E-state index in [1.165, 1.54) is 0 Å². The number of ether oxygens (including phenoxy) is 2. The van der Waals surface area contributed by atoms with Crippen LogP contribution < -0.4 is 15.0 Å². The van der Waals surface area contributed by atoms with E-state index in [1.54, 1.807) is 24.1 Å². The zero-order valence-electron chi connectivity index (χ0n) is 18.6. The van der Waals surface area contributed by atoms with Gasteiger partial charge in [0.2, 0.25) is 0 Å². The van der Waals surface area contributed by atoms with Crippen molar-refractivity contribution in [2.24, 2.45) is 0 Å². The SMILES string of the molecule is CCC(CC)NC(=O)C1CN(C(=O)c2oc3ccccc3c2COC)c2ccccc2O1. The Balaban J connectivity index is 1.70. The molecule has 4 rings (SSSR count). The summed E-state index contributed by atoms with van der Waals surface area (Å²) in [7, 11) is 1.58. The average Bonchev–Trinajstić information content (AvgIpc) is 3.20. The highest BCUT2D eigenvalue weighted by atomic mass is 16.5. The lowest BCUT2D eigenvalue weighted by Crippen LogP contribution is -2.52. The molecule has 0 radical (unpaired) electrons. The molecule has 1 atom stereocenters. The van der Waals surface area contributed by atoms with Gasteiger partial charge < -0.3 is 19.2 Å². The predicted molar refractivity (Wildman–Crippen MR) is 122 cm³/mol. The van der Waals surface area contributed by atoms with Crippen LogP contribution in [0, 0.1) is 0 Å². The van der Waals surface area contributed by atoms with Gasteiger partial charge in [0.25, 0.3) is 11.8 Å². The summed E-state index contributed by atoms with van der Waals surface area (Å²) in [6, 6.07) is 14.8. The summed E-state index contributed by atoms with van der Waals surface area (Å²) >= 11 is 0. The quantitative estimate of drug-likeness (QED) is 0.598. The molecule has 0 saturated heterocycles. The van der Waals surface area contributed by atoms with E-state index in [1.807, 2.05) is 50.2 Å². The second-order valence-electron chi connectivity index (χ2n) is 7.85. The molecular weight excluding hydrogens is 408 g/mol. The van der Waals surface area contributed by atoms with Gasteiger partial charge in [-0.05, 0) is 31.0 Å². The van der Waals surface area contributed by atoms with Gasteiger partial charge in [-0.2, -0.15) is 0 Å². The minimum atomic E-state index is -0.815. The number of hydrogen-bond donors (Lipinski definition) is 1. The number of rotatable bonds is 7. The van der Waals surface area contributed by atoms with Crippen LogP contribution in [-0.4, -0.2) is 37.6 Å². The predicted octanol–water partition coefficient (Wildman–Crippen LogP) is 4.29. The molecule has 0 spiro atoms. The molecule has 7 heteroatoms. The number of para-hydroxylation sites is 3. The van der Waals surface area contributed by atoms with Gasteiger partial charge in [0, 0.05) is 24.1 Å². The summed E-state index contributed by atoms with van der Waals surface area (Å²) in [6.07, 6.45) is 0.839. The maximum atomic E-state index is 13.7. The van der Waals surface area contributed by atoms with Crippen LogP contribution >= 0.6 is 0 Å². The van der Waals surface area contributed by atoms with Gasteiger partial charge in [0.15, 0.2) is 11.9 Å². The molecule has 0 saturated carbocycles. The normalized spacial score (nSPS) is 15.5. The molecule has 0 fully saturated rings. The van der Waals surface area contributed by atoms with Crippen molar-refractivity contribution in [2.75, 3.05) is 18.6 Å². The number of methoxy groups -OCH3 is 1. The van der Waals surface area contributed by atoms with Gasteiger partial charge in [-0.25, -0.2) is 0 Å². The molecule has 0 aliphatic carbocycles. The fraction of sp³-hybridized carbons (Fsp3) is 0.360. The maximum Gasteiger partial charge on any atom is 0.294 e. The Morgan fingerprint density at radius 3 is 2.59 bits per heavy atom. The Kier molecular flexibility index (Phi) is 6.46. The molecule has 1 aliphatic heterocycles. The van der Waals surface area contributed by atoms with Crippen LogP contribution in [-0.2, 0) is 16.1 Å². The van der Waals surface area contributed by atoms with Crippen molar-refractivity contribution < 1.29 is 23.5 Å². The summed E-state index contributed by atoms with van der Waals surface area (Å²) in [5.74, 6) is 0.141. The molecule has 168 valence electrons. The lowest BCUT2D eigenvalue weighted by atomic mass is 10.1. The number of anilines is 1. The van der Waals surface area contributed by atoms with Gasteiger partial charge in [-0.3, -0.25) is 14.5 Å². The number of nitrogens with one attached hydrogen (secondary N) is 1. The number of amides is 2. The van der Waals surface area contributed by atoms with Gasteiger partial charge in [-0.15, -0.1) is 0 Å². The van der Waals surface area contributed by atoms with Gasteiger partial charge in [-0.1, -0.05) is 44.2 Å². The number of carbonyl (C=O) groups excluding carboxylic acids is 2. The van der Waals surface area contributed by atoms with Gasteiger partial charge in [0.05, 0.1) is 18.8 Å². The Bertz CT molecular complexity index is 1120. The van der Waals surface area contributed by atoms with Crippen molar-refractivity contribution in [3.8, 4) is 5.75 Å². The van der Waals surface area contributed by atoms with Crippen LogP contribution in [0.25, 0.3) is 11.0 Å². The molecule has 1 aliphatic rings. The zero-order valence-corrected chi connectivity index (χ0v) is 18.6. The van der Waals surface area contributed by atoms with E-state index in [4.69, 9.17) is 13.9 Å². The van der Waals surface area contributed by atoms with Crippen LogP contribution in [0.2, 0.25) is 0 Å². The second-order valence-corrected chi connectivity index (χ2v) is 7.85. The van der Waals surface area contributed by atoms with E-state index in [2.05, 4.69) is 5.32 Å². The summed E-state index contributed by atoms with van der Waals surface area (Å²) < 4.78 is 17.3. The largest absolute Gasteiger partial charge is 0.477 e. The smallest absolute Gasteiger partial charge is 0.294 e. The maximum absolute atomic E-state index is 13.7. The monoisotopic (exact) mass is 436 g/mol. The summed E-state index contributed by atoms with van der Waals surface area (Å²) in [6.45, 7) is 4.38. The van der Waals surface area contributed by atoms with E-state index in [9.17, 15) is 9.59 Å². The summed E-state index contributed by atoms with van der Waals surface area (Å²) in [5, 5.41) is 3.86. The first-order valence-electron chi connectivity index (χ1n) is 10.9. The van der Waals surface area contributed by atoms with E-state index in [0.717, 1.165) is 18.2 Å². The van der Waals surface area contributed by atoms with Crippen molar-refractivity contribution in [1.82, 2.24) is 5.32 Å². The molecule has 1 unspecified atom stereocenters. The van der Waals surface area contributed by atoms with Crippen molar-refractivity contribution in [1.29, 1.82) is 0 Å². The van der Waals surface area contributed by atoms with Crippen LogP contribution in [0.15, 0.2) is 52.9 Å². The minimum absolute atomic E-state index is 0.0658. The first kappa shape index (κ1) is 21.9. The lowest BCUT2D eigenvalue weighted by molar-refractivity contribution is -0.128. The average molecular weight is 437 g/mol. The Morgan fingerprint density at radius 1 is 1.12 bits per heavy atom. The Morgan fingerprint density at radius 2 is 1.84 bits per heavy atom. The van der Waals surface area contributed by atoms with Crippen molar-refractivity contribution in [3.05, 3.63) is 59.9 Å². The molecule has 2 amide bonds. The van der Waals surface area contributed by atoms with Crippen molar-refractivity contribution in [2.45, 2.75) is 45.4 Å². The summed E-state index contributed by atoms with van der Waals surface area (Å²) in [4.78, 5) is 28.2. The van der Waals surface area contributed by atoms with E-state index in [0.29, 0.717) is 22.6 Å². The molecular formula is C25H28N2O5. The van der Waals surface area contributed by atoms with E-state index in [-0.39, 0.29) is 36.8 Å². The van der Waals surface area contributed by atoms with Crippen LogP contribution in [0.5, 0.6) is 5.75 Å². The standard InChI is InChI=1S/C25H28N2O5/c1-4-16(5-2)26-24(28)22-14-27(19-11-7-9-13-21(19)31-22)25(29)23-18(15-30-3)17-10-6-8-12-20(17)32-23/h6-13,16,22H,4-5,14-15H2,1-3H3,(H,26,28). The molecule has 32 heavy (non-hydrogen) atoms. The third kappa shape index (κ3) is 4.08. The van der Waals surface area contributed by atoms with Gasteiger partial charge in [0.1, 0.15) is 11.3 Å². The Hall–Kier alpha value is -3.32. The number of nitrogens with zero attached hydrogens (tertiary/aromatic N) is 1. The zero-order chi connectivity index (χ0) is 22.7. The second kappa shape index (κ2) is 9.44. The number of furan rings is 1. The number of hydrogen-bond acceptors (Lipinski definition) is 5. The molecule has 3 aromatic rings. The highest BCUT2D eigenvalue weighted by Crippen LogP contribution is 2.36. The van der Waals surface area contributed by atoms with Crippen LogP contribution in [0.3, 0.4) is 0 Å². The highest BCUT2D eigenvalue weighted by Gasteiger charge is 2.36. The minimum Gasteiger partial charge on any atom is -0.477 e. The molecule has 0 bridgehead atoms. The van der Waals surface area contributed by atoms with Crippen molar-refractivity contribution >= 4 is 28.5 Å². The van der Waals surface area contributed by atoms with Crippen LogP contribution in [0.1, 0.15) is 42.8 Å². The van der Waals surface area contributed by atoms with Gasteiger partial charge >= 0.3 is 0 Å². The third-order valence-corrected chi connectivity index (χ3v) is 5.82. The molecule has 1 aromatic heterocycles. The fourth-order valence-electron chi connectivity index (χ4n) is 4.03. The van der Waals surface area contributed by atoms with Crippen molar-refractivity contribution in [3.63, 3.8) is 0 Å². The molecule has 7 nitrogen and oxygen atoms in total. The third-order valence-electron chi connectivity index (χ3n) is 5.82. The fourth-order valence-corrected chi connectivity index (χ4v) is 4.03. The topological polar surface area (TPSA) is 81.0 Å². The first-order valence-corrected chi connectivity index (χ1v) is 10.9. The number of carbonyl (C=O) groups is 2. The Labute approximate surface area is 187 Å². The van der Waals surface area contributed by atoms with Crippen LogP contribution in [0.4, 0.5) is 5.69 Å². The highest BCUT2D eigenvalue weighted by molar-refractivity contribution is 6.09. The van der Waals surface area contributed by atoms with E-state index >= 15 is 0 Å². The number of benzene rings is 2. The molecule has 2 heterocycles. The number of fused-ring (bicyclic) bond motifs is 2.